The maximum Gasteiger partial charge on any atom is 0.0200 e. The van der Waals surface area contributed by atoms with Crippen molar-refractivity contribution < 1.29 is 0 Å². The van der Waals surface area contributed by atoms with Gasteiger partial charge in [-0.3, -0.25) is 0 Å². The van der Waals surface area contributed by atoms with Crippen LogP contribution in [-0.4, -0.2) is 24.1 Å². The lowest BCUT2D eigenvalue weighted by molar-refractivity contribution is 0.318. The smallest absolute Gasteiger partial charge is 0.0200 e. The number of nitrogens with one attached hydrogen (secondary N) is 1. The molecule has 0 heterocycles. The molecule has 0 aromatic rings. The third kappa shape index (κ3) is 3.51. The van der Waals surface area contributed by atoms with Gasteiger partial charge in [0.1, 0.15) is 0 Å². The Morgan fingerprint density at radius 2 is 2.15 bits per heavy atom. The molecule has 0 aliphatic heterocycles. The number of rotatable bonds is 4. The van der Waals surface area contributed by atoms with Gasteiger partial charge in [0, 0.05) is 11.3 Å². The third-order valence-electron chi connectivity index (χ3n) is 3.01. The zero-order valence-corrected chi connectivity index (χ0v) is 9.99. The molecule has 1 N–H and O–H groups in total. The first-order valence-electron chi connectivity index (χ1n) is 5.54. The van der Waals surface area contributed by atoms with Crippen molar-refractivity contribution in [3.05, 3.63) is 0 Å². The third-order valence-corrected chi connectivity index (χ3v) is 4.14. The van der Waals surface area contributed by atoms with Gasteiger partial charge >= 0.3 is 0 Å². The molecule has 2 heteroatoms. The molecule has 0 spiro atoms. The van der Waals surface area contributed by atoms with Crippen LogP contribution in [0.2, 0.25) is 0 Å². The van der Waals surface area contributed by atoms with E-state index in [1.165, 1.54) is 32.2 Å². The summed E-state index contributed by atoms with van der Waals surface area (Å²) in [5, 5.41) is 4.53. The maximum absolute atomic E-state index is 3.67. The molecule has 1 aliphatic rings. The Bertz CT molecular complexity index is 136. The largest absolute Gasteiger partial charge is 0.313 e. The van der Waals surface area contributed by atoms with Crippen molar-refractivity contribution in [2.45, 2.75) is 50.8 Å². The fourth-order valence-corrected chi connectivity index (χ4v) is 3.23. The van der Waals surface area contributed by atoms with E-state index in [0.717, 1.165) is 17.2 Å². The van der Waals surface area contributed by atoms with E-state index in [1.807, 2.05) is 11.8 Å². The fourth-order valence-electron chi connectivity index (χ4n) is 2.15. The highest BCUT2D eigenvalue weighted by Gasteiger charge is 2.26. The highest BCUT2D eigenvalue weighted by Crippen LogP contribution is 2.30. The molecule has 0 saturated heterocycles. The Kier molecular flexibility index (Phi) is 5.18. The summed E-state index contributed by atoms with van der Waals surface area (Å²) in [5.74, 6) is 0.942. The van der Waals surface area contributed by atoms with E-state index in [9.17, 15) is 0 Å². The van der Waals surface area contributed by atoms with Crippen LogP contribution in [0.4, 0.5) is 0 Å². The van der Waals surface area contributed by atoms with Crippen molar-refractivity contribution in [3.8, 4) is 0 Å². The Labute approximate surface area is 87.1 Å². The molecule has 78 valence electrons. The molecule has 0 amide bonds. The van der Waals surface area contributed by atoms with Gasteiger partial charge in [0.15, 0.2) is 0 Å². The number of hydrogen-bond acceptors (Lipinski definition) is 2. The molecule has 3 atom stereocenters. The van der Waals surface area contributed by atoms with E-state index >= 15 is 0 Å². The van der Waals surface area contributed by atoms with E-state index in [-0.39, 0.29) is 0 Å². The van der Waals surface area contributed by atoms with Crippen molar-refractivity contribution in [1.82, 2.24) is 5.32 Å². The molecule has 1 rings (SSSR count). The predicted molar refractivity (Wildman–Crippen MR) is 62.4 cm³/mol. The first-order chi connectivity index (χ1) is 6.27. The quantitative estimate of drug-likeness (QED) is 0.750. The first-order valence-corrected chi connectivity index (χ1v) is 6.82. The highest BCUT2D eigenvalue weighted by atomic mass is 32.2. The van der Waals surface area contributed by atoms with Gasteiger partial charge in [0.25, 0.3) is 0 Å². The van der Waals surface area contributed by atoms with E-state index in [0.29, 0.717) is 0 Å². The van der Waals surface area contributed by atoms with E-state index in [4.69, 9.17) is 0 Å². The average Bonchev–Trinajstić information content (AvgIpc) is 2.16. The molecule has 1 saturated carbocycles. The Morgan fingerprint density at radius 1 is 1.38 bits per heavy atom. The second-order valence-electron chi connectivity index (χ2n) is 4.25. The minimum Gasteiger partial charge on any atom is -0.313 e. The normalized spacial score (nSPS) is 34.8. The second-order valence-corrected chi connectivity index (χ2v) is 5.33. The summed E-state index contributed by atoms with van der Waals surface area (Å²) in [6.45, 7) is 5.82. The van der Waals surface area contributed by atoms with Gasteiger partial charge in [-0.15, -0.1) is 0 Å². The minimum absolute atomic E-state index is 0.783. The van der Waals surface area contributed by atoms with Gasteiger partial charge in [-0.2, -0.15) is 11.8 Å². The van der Waals surface area contributed by atoms with Gasteiger partial charge in [0.05, 0.1) is 0 Å². The van der Waals surface area contributed by atoms with Crippen LogP contribution in [0.25, 0.3) is 0 Å². The topological polar surface area (TPSA) is 12.0 Å². The summed E-state index contributed by atoms with van der Waals surface area (Å²) < 4.78 is 0. The van der Waals surface area contributed by atoms with E-state index in [1.54, 1.807) is 0 Å². The van der Waals surface area contributed by atoms with Gasteiger partial charge in [-0.1, -0.05) is 13.8 Å². The van der Waals surface area contributed by atoms with E-state index < -0.39 is 0 Å². The van der Waals surface area contributed by atoms with Crippen LogP contribution in [0.1, 0.15) is 39.5 Å². The minimum atomic E-state index is 0.783. The molecule has 0 radical (unpaired) electrons. The zero-order chi connectivity index (χ0) is 9.68. The Balaban J connectivity index is 2.33. The van der Waals surface area contributed by atoms with Crippen LogP contribution in [0, 0.1) is 5.92 Å². The molecular weight excluding hydrogens is 178 g/mol. The number of hydrogen-bond donors (Lipinski definition) is 1. The molecular formula is C11H23NS. The summed E-state index contributed by atoms with van der Waals surface area (Å²) in [4.78, 5) is 0. The van der Waals surface area contributed by atoms with Crippen molar-refractivity contribution in [2.24, 2.45) is 5.92 Å². The Hall–Kier alpha value is 0.310. The molecule has 1 aliphatic carbocycles. The van der Waals surface area contributed by atoms with E-state index in [2.05, 4.69) is 25.4 Å². The first kappa shape index (κ1) is 11.4. The molecule has 1 nitrogen and oxygen atoms in total. The summed E-state index contributed by atoms with van der Waals surface area (Å²) in [5.41, 5.74) is 0. The average molecular weight is 201 g/mol. The fraction of sp³-hybridized carbons (Fsp3) is 1.00. The molecule has 1 fully saturated rings. The van der Waals surface area contributed by atoms with Crippen molar-refractivity contribution >= 4 is 11.8 Å². The van der Waals surface area contributed by atoms with Gasteiger partial charge < -0.3 is 5.32 Å². The van der Waals surface area contributed by atoms with Gasteiger partial charge in [-0.25, -0.2) is 0 Å². The summed E-state index contributed by atoms with van der Waals surface area (Å²) in [6, 6.07) is 0.783. The van der Waals surface area contributed by atoms with Crippen molar-refractivity contribution in [3.63, 3.8) is 0 Å². The second kappa shape index (κ2) is 5.92. The van der Waals surface area contributed by atoms with Crippen LogP contribution < -0.4 is 5.32 Å². The van der Waals surface area contributed by atoms with Gasteiger partial charge in [-0.05, 0) is 44.4 Å². The van der Waals surface area contributed by atoms with Crippen LogP contribution in [0.15, 0.2) is 0 Å². The monoisotopic (exact) mass is 201 g/mol. The standard InChI is InChI=1S/C11H23NS/c1-4-7-12-10-6-5-9(2)8-11(10)13-3/h9-12H,4-8H2,1-3H3. The highest BCUT2D eigenvalue weighted by molar-refractivity contribution is 7.99. The Morgan fingerprint density at radius 3 is 2.77 bits per heavy atom. The van der Waals surface area contributed by atoms with Crippen molar-refractivity contribution in [2.75, 3.05) is 12.8 Å². The summed E-state index contributed by atoms with van der Waals surface area (Å²) in [6.07, 6.45) is 7.71. The predicted octanol–water partition coefficient (Wildman–Crippen LogP) is 2.91. The van der Waals surface area contributed by atoms with Gasteiger partial charge in [0.2, 0.25) is 0 Å². The molecule has 3 unspecified atom stereocenters. The van der Waals surface area contributed by atoms with Crippen LogP contribution in [0.3, 0.4) is 0 Å². The van der Waals surface area contributed by atoms with Crippen molar-refractivity contribution in [1.29, 1.82) is 0 Å². The SMILES string of the molecule is CCCNC1CCC(C)CC1SC. The van der Waals surface area contributed by atoms with Crippen LogP contribution in [0.5, 0.6) is 0 Å². The number of thioether (sulfide) groups is 1. The summed E-state index contributed by atoms with van der Waals surface area (Å²) in [7, 11) is 0. The zero-order valence-electron chi connectivity index (χ0n) is 9.18. The molecule has 0 bridgehead atoms. The molecule has 13 heavy (non-hydrogen) atoms. The van der Waals surface area contributed by atoms with Crippen LogP contribution in [-0.2, 0) is 0 Å². The molecule has 0 aromatic carbocycles. The maximum atomic E-state index is 3.67. The summed E-state index contributed by atoms with van der Waals surface area (Å²) >= 11 is 2.05. The molecule has 0 aromatic heterocycles. The lowest BCUT2D eigenvalue weighted by Gasteiger charge is -2.34. The lowest BCUT2D eigenvalue weighted by atomic mass is 9.87. The lowest BCUT2D eigenvalue weighted by Crippen LogP contribution is -2.42. The van der Waals surface area contributed by atoms with Crippen LogP contribution >= 0.6 is 11.8 Å².